The topological polar surface area (TPSA) is 33.5 Å². The van der Waals surface area contributed by atoms with Crippen molar-refractivity contribution >= 4 is 66.1 Å². The lowest BCUT2D eigenvalue weighted by Crippen LogP contribution is -2.25. The Morgan fingerprint density at radius 2 is 1.20 bits per heavy atom. The smallest absolute Gasteiger partial charge is 0.139 e. The summed E-state index contributed by atoms with van der Waals surface area (Å²) in [4.78, 5) is 11.1. The Bertz CT molecular complexity index is 3210. The molecule has 5 nitrogen and oxygen atoms in total. The van der Waals surface area contributed by atoms with Gasteiger partial charge in [0, 0.05) is 45.1 Å². The van der Waals surface area contributed by atoms with E-state index >= 15 is 0 Å². The van der Waals surface area contributed by atoms with Crippen molar-refractivity contribution in [1.29, 1.82) is 0 Å². The van der Waals surface area contributed by atoms with E-state index in [0.717, 1.165) is 55.6 Å². The zero-order valence-electron chi connectivity index (χ0n) is 34.6. The molecule has 4 heterocycles. The average molecular weight is 809 g/mol. The number of hydrogen-bond donors (Lipinski definition) is 0. The monoisotopic (exact) mass is 808 g/mol. The van der Waals surface area contributed by atoms with E-state index in [1.807, 2.05) is 6.07 Å². The van der Waals surface area contributed by atoms with Crippen LogP contribution in [0.25, 0.3) is 60.1 Å². The fraction of sp³-hybridized carbons (Fsp3) is 0.109. The van der Waals surface area contributed by atoms with Crippen molar-refractivity contribution < 1.29 is 4.74 Å². The quantitative estimate of drug-likeness (QED) is 0.161. The van der Waals surface area contributed by atoms with Gasteiger partial charge in [0.1, 0.15) is 28.8 Å². The normalized spacial score (nSPS) is 12.8. The molecule has 0 spiro atoms. The van der Waals surface area contributed by atoms with E-state index in [9.17, 15) is 0 Å². The molecule has 0 aliphatic carbocycles. The van der Waals surface area contributed by atoms with Gasteiger partial charge in [0.2, 0.25) is 0 Å². The van der Waals surface area contributed by atoms with Crippen molar-refractivity contribution in [2.75, 3.05) is 16.5 Å². The van der Waals surface area contributed by atoms with Crippen LogP contribution in [-0.4, -0.2) is 16.2 Å². The van der Waals surface area contributed by atoms with Gasteiger partial charge >= 0.3 is 0 Å². The summed E-state index contributed by atoms with van der Waals surface area (Å²) < 4.78 is 9.06. The van der Waals surface area contributed by atoms with E-state index in [4.69, 9.17) is 9.72 Å². The van der Waals surface area contributed by atoms with Crippen molar-refractivity contribution in [2.24, 2.45) is 0 Å². The molecule has 1 aliphatic heterocycles. The lowest BCUT2D eigenvalue weighted by atomic mass is 9.82. The lowest BCUT2D eigenvalue weighted by molar-refractivity contribution is 0.483. The molecule has 0 N–H and O–H groups in total. The molecule has 0 saturated carbocycles. The van der Waals surface area contributed by atoms with Crippen molar-refractivity contribution in [3.63, 3.8) is 0 Å². The van der Waals surface area contributed by atoms with Crippen LogP contribution < -0.4 is 14.5 Å². The summed E-state index contributed by atoms with van der Waals surface area (Å²) in [6.45, 7) is 9.70. The second-order valence-corrected chi connectivity index (χ2v) is 17.9. The number of benzene rings is 7. The molecule has 0 fully saturated rings. The number of ether oxygens (including phenoxy) is 1. The summed E-state index contributed by atoms with van der Waals surface area (Å²) in [5.41, 5.74) is 14.0. The summed E-state index contributed by atoms with van der Waals surface area (Å²) in [5, 5.41) is 5.67. The van der Waals surface area contributed by atoms with Gasteiger partial charge in [0.15, 0.2) is 0 Å². The maximum absolute atomic E-state index is 6.78. The molecular formula is C55H44N4OS. The Morgan fingerprint density at radius 1 is 0.557 bits per heavy atom. The molecule has 1 aliphatic rings. The van der Waals surface area contributed by atoms with Crippen LogP contribution in [0.1, 0.15) is 31.9 Å². The van der Waals surface area contributed by atoms with Gasteiger partial charge < -0.3 is 14.5 Å². The molecule has 11 rings (SSSR count). The van der Waals surface area contributed by atoms with Crippen molar-refractivity contribution in [3.8, 4) is 39.6 Å². The molecule has 296 valence electrons. The number of fused-ring (bicyclic) bond motifs is 5. The van der Waals surface area contributed by atoms with Crippen molar-refractivity contribution in [3.05, 3.63) is 192 Å². The maximum Gasteiger partial charge on any atom is 0.139 e. The maximum atomic E-state index is 6.78. The van der Waals surface area contributed by atoms with Gasteiger partial charge in [-0.05, 0) is 107 Å². The first-order valence-corrected chi connectivity index (χ1v) is 21.8. The number of rotatable bonds is 7. The van der Waals surface area contributed by atoms with Crippen LogP contribution in [0.5, 0.6) is 11.5 Å². The first-order valence-electron chi connectivity index (χ1n) is 20.9. The Hall–Kier alpha value is -7.15. The van der Waals surface area contributed by atoms with E-state index in [1.165, 1.54) is 49.8 Å². The predicted molar refractivity (Wildman–Crippen MR) is 257 cm³/mol. The highest BCUT2D eigenvalue weighted by molar-refractivity contribution is 7.16. The van der Waals surface area contributed by atoms with Crippen LogP contribution in [0.15, 0.2) is 181 Å². The van der Waals surface area contributed by atoms with Gasteiger partial charge in [-0.2, -0.15) is 0 Å². The van der Waals surface area contributed by atoms with Crippen molar-refractivity contribution in [2.45, 2.75) is 33.1 Å². The third kappa shape index (κ3) is 6.42. The number of nitrogens with zero attached hydrogens (tertiary/aromatic N) is 4. The molecule has 7 aromatic carbocycles. The second-order valence-electron chi connectivity index (χ2n) is 17.0. The summed E-state index contributed by atoms with van der Waals surface area (Å²) in [6.07, 6.45) is 0. The van der Waals surface area contributed by atoms with Crippen LogP contribution in [-0.2, 0) is 5.41 Å². The molecule has 3 aromatic heterocycles. The number of thiophene rings is 1. The second kappa shape index (κ2) is 14.5. The lowest BCUT2D eigenvalue weighted by Gasteiger charge is -2.30. The van der Waals surface area contributed by atoms with E-state index in [1.54, 1.807) is 11.3 Å². The molecule has 0 amide bonds. The fourth-order valence-electron chi connectivity index (χ4n) is 8.98. The Kier molecular flexibility index (Phi) is 8.79. The fourth-order valence-corrected chi connectivity index (χ4v) is 9.82. The van der Waals surface area contributed by atoms with Gasteiger partial charge in [-0.3, -0.25) is 4.57 Å². The number of para-hydroxylation sites is 3. The van der Waals surface area contributed by atoms with E-state index < -0.39 is 0 Å². The summed E-state index contributed by atoms with van der Waals surface area (Å²) in [7, 11) is 0. The molecular weight excluding hydrogens is 765 g/mol. The van der Waals surface area contributed by atoms with Crippen LogP contribution in [0.2, 0.25) is 0 Å². The third-order valence-corrected chi connectivity index (χ3v) is 12.8. The number of hydrogen-bond acceptors (Lipinski definition) is 5. The standard InChI is InChI=1S/C55H44N4OS/c1-36-30-52(56-54-43(36)28-29-61-54)59-48-23-12-11-22-44(48)45-27-26-42(34-51(45)59)60-41-21-15-20-40(33-41)57-35-58(50-25-14-13-24-49(50)57)53-46(37-16-7-5-8-17-37)31-39(55(2,3)4)32-47(53)38-18-9-6-10-19-38/h5-34H,35H2,1-4H3. The molecule has 0 saturated heterocycles. The van der Waals surface area contributed by atoms with Crippen LogP contribution >= 0.6 is 11.3 Å². The molecule has 0 unspecified atom stereocenters. The van der Waals surface area contributed by atoms with Crippen molar-refractivity contribution in [1.82, 2.24) is 9.55 Å². The predicted octanol–water partition coefficient (Wildman–Crippen LogP) is 15.4. The van der Waals surface area contributed by atoms with Gasteiger partial charge in [0.25, 0.3) is 0 Å². The zero-order chi connectivity index (χ0) is 41.2. The Morgan fingerprint density at radius 3 is 1.92 bits per heavy atom. The van der Waals surface area contributed by atoms with E-state index in [2.05, 4.69) is 217 Å². The van der Waals surface area contributed by atoms with Gasteiger partial charge in [0.05, 0.1) is 28.1 Å². The highest BCUT2D eigenvalue weighted by atomic mass is 32.1. The van der Waals surface area contributed by atoms with Crippen LogP contribution in [0.4, 0.5) is 22.7 Å². The number of aromatic nitrogens is 2. The molecule has 10 aromatic rings. The zero-order valence-corrected chi connectivity index (χ0v) is 35.4. The number of pyridine rings is 1. The Balaban J connectivity index is 0.998. The first-order chi connectivity index (χ1) is 29.8. The van der Waals surface area contributed by atoms with Gasteiger partial charge in [-0.25, -0.2) is 4.98 Å². The average Bonchev–Trinajstić information content (AvgIpc) is 4.01. The molecule has 0 bridgehead atoms. The van der Waals surface area contributed by atoms with E-state index in [-0.39, 0.29) is 5.41 Å². The van der Waals surface area contributed by atoms with Crippen LogP contribution in [0.3, 0.4) is 0 Å². The minimum absolute atomic E-state index is 0.0452. The highest BCUT2D eigenvalue weighted by Crippen LogP contribution is 2.51. The molecule has 6 heteroatoms. The molecule has 0 radical (unpaired) electrons. The van der Waals surface area contributed by atoms with E-state index in [0.29, 0.717) is 6.67 Å². The summed E-state index contributed by atoms with van der Waals surface area (Å²) in [6, 6.07) is 63.1. The summed E-state index contributed by atoms with van der Waals surface area (Å²) >= 11 is 1.68. The van der Waals surface area contributed by atoms with Crippen LogP contribution in [0, 0.1) is 6.92 Å². The van der Waals surface area contributed by atoms with Gasteiger partial charge in [-0.1, -0.05) is 118 Å². The third-order valence-electron chi connectivity index (χ3n) is 12.0. The number of anilines is 4. The van der Waals surface area contributed by atoms with Gasteiger partial charge in [-0.15, -0.1) is 11.3 Å². The number of aryl methyl sites for hydroxylation is 1. The minimum atomic E-state index is -0.0452. The Labute approximate surface area is 360 Å². The SMILES string of the molecule is Cc1cc(-n2c3ccccc3c3ccc(Oc4cccc(N5CN(c6c(-c7ccccc7)cc(C(C)(C)C)cc6-c6ccccc6)c6ccccc65)c4)cc32)nc2sccc12. The summed E-state index contributed by atoms with van der Waals surface area (Å²) in [5.74, 6) is 2.45. The molecule has 61 heavy (non-hydrogen) atoms. The molecule has 0 atom stereocenters. The highest BCUT2D eigenvalue weighted by Gasteiger charge is 2.32. The largest absolute Gasteiger partial charge is 0.457 e. The minimum Gasteiger partial charge on any atom is -0.457 e. The first kappa shape index (κ1) is 36.9.